The molecule has 1 unspecified atom stereocenters. The Bertz CT molecular complexity index is 9780. The van der Waals surface area contributed by atoms with Crippen molar-refractivity contribution in [2.75, 3.05) is 4.90 Å². The molecule has 2 aliphatic rings. The quantitative estimate of drug-likeness (QED) is 0.0918. The van der Waals surface area contributed by atoms with Gasteiger partial charge in [0.2, 0.25) is 17.0 Å². The minimum Gasteiger partial charge on any atom is -0.370 e. The third-order valence-electron chi connectivity index (χ3n) is 28.1. The van der Waals surface area contributed by atoms with E-state index in [1.165, 1.54) is 143 Å². The van der Waals surface area contributed by atoms with Gasteiger partial charge in [-0.1, -0.05) is 335 Å². The highest BCUT2D eigenvalue weighted by atomic mass is 15.2. The minimum absolute atomic E-state index is 0.00714. The predicted molar refractivity (Wildman–Crippen MR) is 576 cm³/mol. The van der Waals surface area contributed by atoms with Gasteiger partial charge in [0.05, 0.1) is 55.4 Å². The van der Waals surface area contributed by atoms with Crippen LogP contribution in [0.2, 0.25) is 0 Å². The first-order valence-electron chi connectivity index (χ1n) is 47.2. The first-order valence-corrected chi connectivity index (χ1v) is 47.2. The third kappa shape index (κ3) is 13.5. The number of hydrogen-bond donors (Lipinski definition) is 0. The van der Waals surface area contributed by atoms with E-state index in [0.29, 0.717) is 5.95 Å². The van der Waals surface area contributed by atoms with Crippen LogP contribution in [-0.2, 0) is 5.41 Å². The molecule has 0 bridgehead atoms. The van der Waals surface area contributed by atoms with Gasteiger partial charge in [-0.3, -0.25) is 4.57 Å². The SMILES string of the molecule is [C-]#[N+]c1nc2c3nc(C#N)c(C#N)nc3c3nc(C#N)c(C#N)nc3c2nc1[N+]#[C-].c1ccc(-c2ccc(-c3nc(-n4c5ccc(-c6ccc7c(c6)c6ccccc6n7-c6ccccc6)cc5c5c6ccccc6ccc54)nc4ccccc34)cc2)cc1.c1ccc(-c2ccc(N(c3ccc(-c4ccccc4)cc3)c3ccc4c(c3)C3(c5ccccc5-4)c4ccccc4-n4c5ccccc5c5cccc3c54)cc2)cc1. The topological polar surface area (TPSA) is 225 Å². The molecule has 7 aromatic heterocycles. The van der Waals surface area contributed by atoms with Crippen molar-refractivity contribution >= 4 is 149 Å². The predicted octanol–water partition coefficient (Wildman–Crippen LogP) is 30.3. The van der Waals surface area contributed by atoms with E-state index < -0.39 is 5.41 Å². The molecule has 26 aromatic rings. The molecule has 8 heterocycles. The van der Waals surface area contributed by atoms with Crippen LogP contribution in [0.3, 0.4) is 0 Å². The van der Waals surface area contributed by atoms with Crippen LogP contribution in [0.1, 0.15) is 45.0 Å². The summed E-state index contributed by atoms with van der Waals surface area (Å²) in [5.74, 6) is 0.0499. The summed E-state index contributed by atoms with van der Waals surface area (Å²) in [4.78, 5) is 44.2. The van der Waals surface area contributed by atoms with E-state index >= 15 is 0 Å². The van der Waals surface area contributed by atoms with Crippen LogP contribution in [0, 0.1) is 58.5 Å². The van der Waals surface area contributed by atoms with E-state index in [1.807, 2.05) is 0 Å². The van der Waals surface area contributed by atoms with E-state index in [9.17, 15) is 21.0 Å². The number of fused-ring (bicyclic) bond motifs is 27. The Hall–Kier alpha value is -21.1. The summed E-state index contributed by atoms with van der Waals surface area (Å²) < 4.78 is 7.14. The molecule has 0 amide bonds. The lowest BCUT2D eigenvalue weighted by molar-refractivity contribution is 0.748. The first-order chi connectivity index (χ1) is 71.6. The molecule has 0 fully saturated rings. The molecule has 28 rings (SSSR count). The number of benzene rings is 19. The van der Waals surface area contributed by atoms with Gasteiger partial charge in [-0.05, 0) is 192 Å². The van der Waals surface area contributed by atoms with Crippen molar-refractivity contribution in [2.45, 2.75) is 5.41 Å². The van der Waals surface area contributed by atoms with Gasteiger partial charge in [0.25, 0.3) is 11.6 Å². The van der Waals surface area contributed by atoms with E-state index in [1.54, 1.807) is 24.3 Å². The Labute approximate surface area is 829 Å². The van der Waals surface area contributed by atoms with Crippen molar-refractivity contribution in [1.29, 1.82) is 21.0 Å². The van der Waals surface area contributed by atoms with Crippen LogP contribution >= 0.6 is 0 Å². The number of aromatic nitrogens is 11. The standard InChI is InChI=1S/C55H36N2.C54H34N4.C18N12/c1-3-14-37(15-4-1)39-26-30-41(31-27-39)56(42-32-28-40(29-33-42)38-16-5-2-6-17-38)43-34-35-45-44-18-7-9-21-48(44)55(51(45)36-43)49-22-10-12-25-53(49)57-52-24-11-8-19-46(52)47-20-13-23-50(55)54(47)57;1-3-13-35(14-4-1)36-23-25-38(26-24-36)53-44-20-9-11-21-47(44)55-54(56-53)58-50-31-29-40(34-46(50)52-42-18-8-7-15-37(42)27-32-51(52)58)39-28-30-49-45(33-39)43-19-10-12-22-48(43)57(49)41-16-5-2-6-17-41;1-23-17-18(24-2)30-16-14-12(26-8(4-20)10(6-22)28-14)11-13(15(16)29-17)27-9(5-21)7(3-19)25-11/h1-36H;1-34H;. The van der Waals surface area contributed by atoms with Crippen LogP contribution in [0.15, 0.2) is 425 Å². The molecular weight excluding hydrogens is 1780 g/mol. The number of para-hydroxylation sites is 6. The third-order valence-corrected chi connectivity index (χ3v) is 28.1. The lowest BCUT2D eigenvalue weighted by Crippen LogP contribution is -2.33. The largest absolute Gasteiger partial charge is 0.370 e. The maximum Gasteiger partial charge on any atom is 0.294 e. The lowest BCUT2D eigenvalue weighted by atomic mass is 9.65. The molecule has 18 heteroatoms. The van der Waals surface area contributed by atoms with Crippen LogP contribution < -0.4 is 4.90 Å². The Morgan fingerprint density at radius 2 is 0.669 bits per heavy atom. The van der Waals surface area contributed by atoms with Crippen LogP contribution in [0.4, 0.5) is 28.7 Å². The van der Waals surface area contributed by atoms with Crippen LogP contribution in [-0.4, -0.2) is 53.6 Å². The number of hydrogen-bond acceptors (Lipinski definition) is 13. The number of anilines is 3. The van der Waals surface area contributed by atoms with Crippen molar-refractivity contribution in [2.24, 2.45) is 0 Å². The molecule has 1 spiro atoms. The Kier molecular flexibility index (Phi) is 20.0. The molecule has 0 N–H and O–H groups in total. The summed E-state index contributed by atoms with van der Waals surface area (Å²) in [5, 5.41) is 48.0. The smallest absolute Gasteiger partial charge is 0.294 e. The van der Waals surface area contributed by atoms with Gasteiger partial charge >= 0.3 is 0 Å². The molecule has 1 atom stereocenters. The summed E-state index contributed by atoms with van der Waals surface area (Å²) in [5.41, 5.74) is 31.3. The zero-order valence-corrected chi connectivity index (χ0v) is 77.0. The highest BCUT2D eigenvalue weighted by molar-refractivity contribution is 6.23. The van der Waals surface area contributed by atoms with Gasteiger partial charge in [0, 0.05) is 66.0 Å². The fourth-order valence-electron chi connectivity index (χ4n) is 21.8. The molecule has 1 aliphatic heterocycles. The molecule has 0 saturated heterocycles. The molecule has 1 aliphatic carbocycles. The average molecular weight is 1850 g/mol. The molecule has 18 nitrogen and oxygen atoms in total. The summed E-state index contributed by atoms with van der Waals surface area (Å²) in [6.07, 6.45) is 0. The fourth-order valence-corrected chi connectivity index (χ4v) is 21.8. The van der Waals surface area contributed by atoms with Crippen molar-refractivity contribution < 1.29 is 0 Å². The molecule has 668 valence electrons. The number of nitriles is 4. The lowest BCUT2D eigenvalue weighted by Gasteiger charge is -2.40. The second-order valence-corrected chi connectivity index (χ2v) is 35.7. The highest BCUT2D eigenvalue weighted by Crippen LogP contribution is 2.62. The van der Waals surface area contributed by atoms with E-state index in [4.69, 9.17) is 23.1 Å². The Morgan fingerprint density at radius 3 is 1.24 bits per heavy atom. The molecular formula is C127H70N18. The summed E-state index contributed by atoms with van der Waals surface area (Å²) >= 11 is 0. The van der Waals surface area contributed by atoms with Gasteiger partial charge in [0.1, 0.15) is 46.3 Å². The van der Waals surface area contributed by atoms with Crippen molar-refractivity contribution in [3.8, 4) is 108 Å². The zero-order chi connectivity index (χ0) is 97.1. The molecule has 0 saturated carbocycles. The Balaban J connectivity index is 0.000000117. The maximum atomic E-state index is 9.29. The van der Waals surface area contributed by atoms with Gasteiger partial charge in [-0.25, -0.2) is 29.9 Å². The van der Waals surface area contributed by atoms with Gasteiger partial charge in [-0.15, -0.1) is 9.97 Å². The van der Waals surface area contributed by atoms with Crippen molar-refractivity contribution in [1.82, 2.24) is 53.6 Å². The fraction of sp³-hybridized carbons (Fsp3) is 0.00787. The second kappa shape index (κ2) is 34.3. The van der Waals surface area contributed by atoms with Gasteiger partial charge < -0.3 is 23.7 Å². The van der Waals surface area contributed by atoms with Gasteiger partial charge in [0.15, 0.2) is 22.8 Å². The van der Waals surface area contributed by atoms with Gasteiger partial charge in [-0.2, -0.15) is 21.0 Å². The summed E-state index contributed by atoms with van der Waals surface area (Å²) in [6.45, 7) is 14.5. The average Bonchev–Trinajstić information content (AvgIpc) is 1.49. The summed E-state index contributed by atoms with van der Waals surface area (Å²) in [6, 6.07) is 161. The number of nitrogens with zero attached hydrogens (tertiary/aromatic N) is 18. The monoisotopic (exact) mass is 1850 g/mol. The normalized spacial score (nSPS) is 12.5. The molecule has 19 aromatic carbocycles. The van der Waals surface area contributed by atoms with E-state index in [-0.39, 0.29) is 67.5 Å². The number of rotatable bonds is 10. The highest BCUT2D eigenvalue weighted by Gasteiger charge is 2.51. The van der Waals surface area contributed by atoms with Crippen molar-refractivity contribution in [3.63, 3.8) is 0 Å². The zero-order valence-electron chi connectivity index (χ0n) is 77.0. The van der Waals surface area contributed by atoms with E-state index in [2.05, 4.69) is 483 Å². The summed E-state index contributed by atoms with van der Waals surface area (Å²) in [7, 11) is 0. The van der Waals surface area contributed by atoms with Crippen LogP contribution in [0.25, 0.3) is 214 Å². The maximum absolute atomic E-state index is 9.29. The van der Waals surface area contributed by atoms with E-state index in [0.717, 1.165) is 61.5 Å². The van der Waals surface area contributed by atoms with Crippen LogP contribution in [0.5, 0.6) is 0 Å². The molecule has 145 heavy (non-hydrogen) atoms. The molecule has 0 radical (unpaired) electrons. The minimum atomic E-state index is -0.525. The van der Waals surface area contributed by atoms with Crippen molar-refractivity contribution in [3.05, 3.63) is 493 Å². The second-order valence-electron chi connectivity index (χ2n) is 35.7. The first kappa shape index (κ1) is 84.4. The Morgan fingerprint density at radius 1 is 0.262 bits per heavy atom.